The Morgan fingerprint density at radius 1 is 1.21 bits per heavy atom. The summed E-state index contributed by atoms with van der Waals surface area (Å²) in [7, 11) is 5.59. The van der Waals surface area contributed by atoms with Gasteiger partial charge in [-0.2, -0.15) is 4.98 Å². The summed E-state index contributed by atoms with van der Waals surface area (Å²) < 4.78 is 11.2. The summed E-state index contributed by atoms with van der Waals surface area (Å²) in [4.78, 5) is 14.8. The van der Waals surface area contributed by atoms with Crippen LogP contribution in [0.4, 0.5) is 6.01 Å². The molecule has 0 bridgehead atoms. The SMILES string of the molecule is [B]c1cnc(O[C@@H](C)C2CCN(c3nc(C(C)C)no3)CC2)nc1. The van der Waals surface area contributed by atoms with E-state index in [-0.39, 0.29) is 12.0 Å². The zero-order valence-corrected chi connectivity index (χ0v) is 14.3. The molecular weight excluding hydrogens is 305 g/mol. The topological polar surface area (TPSA) is 77.2 Å². The standard InChI is InChI=1S/C16H22BN5O2/c1-10(2)14-20-16(24-21-14)22-6-4-12(5-7-22)11(3)23-15-18-8-13(17)9-19-15/h8-12H,4-7H2,1-3H3/t11-/m0/s1. The Bertz CT molecular complexity index is 653. The first kappa shape index (κ1) is 16.7. The van der Waals surface area contributed by atoms with Gasteiger partial charge in [0.1, 0.15) is 14.0 Å². The van der Waals surface area contributed by atoms with Gasteiger partial charge in [-0.05, 0) is 25.7 Å². The molecule has 7 nitrogen and oxygen atoms in total. The van der Waals surface area contributed by atoms with Gasteiger partial charge in [0.2, 0.25) is 0 Å². The second-order valence-electron chi connectivity index (χ2n) is 6.54. The van der Waals surface area contributed by atoms with Crippen molar-refractivity contribution in [3.63, 3.8) is 0 Å². The summed E-state index contributed by atoms with van der Waals surface area (Å²) in [5, 5.41) is 4.03. The average Bonchev–Trinajstić information content (AvgIpc) is 3.07. The summed E-state index contributed by atoms with van der Waals surface area (Å²) in [6, 6.07) is 0.991. The number of hydrogen-bond donors (Lipinski definition) is 0. The molecule has 0 amide bonds. The van der Waals surface area contributed by atoms with Gasteiger partial charge in [0.25, 0.3) is 0 Å². The van der Waals surface area contributed by atoms with Crippen LogP contribution in [0.15, 0.2) is 16.9 Å². The van der Waals surface area contributed by atoms with E-state index < -0.39 is 0 Å². The third-order valence-electron chi connectivity index (χ3n) is 4.36. The van der Waals surface area contributed by atoms with E-state index >= 15 is 0 Å². The van der Waals surface area contributed by atoms with Crippen molar-refractivity contribution in [1.82, 2.24) is 20.1 Å². The second kappa shape index (κ2) is 7.19. The molecule has 8 heteroatoms. The number of anilines is 1. The molecule has 126 valence electrons. The van der Waals surface area contributed by atoms with Crippen LogP contribution in [0.2, 0.25) is 0 Å². The van der Waals surface area contributed by atoms with Crippen molar-refractivity contribution in [2.45, 2.75) is 45.6 Å². The third kappa shape index (κ3) is 3.86. The van der Waals surface area contributed by atoms with E-state index in [1.165, 1.54) is 0 Å². The number of nitrogens with zero attached hydrogens (tertiary/aromatic N) is 5. The zero-order chi connectivity index (χ0) is 17.1. The van der Waals surface area contributed by atoms with Crippen LogP contribution in [0.3, 0.4) is 0 Å². The summed E-state index contributed by atoms with van der Waals surface area (Å²) in [5.74, 6) is 1.47. The van der Waals surface area contributed by atoms with E-state index in [2.05, 4.69) is 45.8 Å². The third-order valence-corrected chi connectivity index (χ3v) is 4.36. The molecule has 24 heavy (non-hydrogen) atoms. The van der Waals surface area contributed by atoms with Crippen LogP contribution >= 0.6 is 0 Å². The molecule has 0 N–H and O–H groups in total. The highest BCUT2D eigenvalue weighted by Crippen LogP contribution is 2.26. The minimum Gasteiger partial charge on any atom is -0.460 e. The molecule has 1 atom stereocenters. The zero-order valence-electron chi connectivity index (χ0n) is 14.3. The van der Waals surface area contributed by atoms with Crippen molar-refractivity contribution in [3.05, 3.63) is 18.2 Å². The largest absolute Gasteiger partial charge is 0.460 e. The number of rotatable bonds is 5. The highest BCUT2D eigenvalue weighted by atomic mass is 16.5. The normalized spacial score (nSPS) is 17.2. The summed E-state index contributed by atoms with van der Waals surface area (Å²) >= 11 is 0. The van der Waals surface area contributed by atoms with Crippen molar-refractivity contribution in [2.24, 2.45) is 5.92 Å². The highest BCUT2D eigenvalue weighted by Gasteiger charge is 2.28. The van der Waals surface area contributed by atoms with E-state index in [4.69, 9.17) is 17.1 Å². The molecule has 0 aromatic carbocycles. The molecule has 2 aromatic rings. The predicted octanol–water partition coefficient (Wildman–Crippen LogP) is 1.46. The molecular formula is C16H22BN5O2. The van der Waals surface area contributed by atoms with Gasteiger partial charge in [-0.25, -0.2) is 9.97 Å². The fraction of sp³-hybridized carbons (Fsp3) is 0.625. The van der Waals surface area contributed by atoms with Gasteiger partial charge in [0.15, 0.2) is 5.82 Å². The van der Waals surface area contributed by atoms with Crippen molar-refractivity contribution < 1.29 is 9.26 Å². The van der Waals surface area contributed by atoms with Gasteiger partial charge < -0.3 is 14.2 Å². The van der Waals surface area contributed by atoms with Gasteiger partial charge in [0.05, 0.1) is 0 Å². The van der Waals surface area contributed by atoms with Gasteiger partial charge in [-0.3, -0.25) is 0 Å². The lowest BCUT2D eigenvalue weighted by molar-refractivity contribution is 0.120. The fourth-order valence-corrected chi connectivity index (χ4v) is 2.80. The number of ether oxygens (including phenoxy) is 1. The first-order valence-electron chi connectivity index (χ1n) is 8.35. The van der Waals surface area contributed by atoms with E-state index in [9.17, 15) is 0 Å². The van der Waals surface area contributed by atoms with Crippen LogP contribution in [0.1, 0.15) is 45.4 Å². The first-order chi connectivity index (χ1) is 11.5. The maximum Gasteiger partial charge on any atom is 0.324 e. The lowest BCUT2D eigenvalue weighted by atomic mass is 9.92. The Labute approximate surface area is 143 Å². The van der Waals surface area contributed by atoms with Gasteiger partial charge in [-0.15, -0.1) is 0 Å². The highest BCUT2D eigenvalue weighted by molar-refractivity contribution is 6.31. The number of hydrogen-bond acceptors (Lipinski definition) is 7. The maximum atomic E-state index is 5.84. The van der Waals surface area contributed by atoms with Crippen LogP contribution in [0.5, 0.6) is 6.01 Å². The Morgan fingerprint density at radius 3 is 2.46 bits per heavy atom. The van der Waals surface area contributed by atoms with Gasteiger partial charge in [-0.1, -0.05) is 24.5 Å². The molecule has 3 rings (SSSR count). The Balaban J connectivity index is 1.53. The molecule has 0 aliphatic carbocycles. The smallest absolute Gasteiger partial charge is 0.324 e. The van der Waals surface area contributed by atoms with Crippen molar-refractivity contribution in [3.8, 4) is 6.01 Å². The molecule has 1 saturated heterocycles. The minimum atomic E-state index is 0.0460. The monoisotopic (exact) mass is 327 g/mol. The van der Waals surface area contributed by atoms with Crippen LogP contribution < -0.4 is 15.1 Å². The van der Waals surface area contributed by atoms with Crippen LogP contribution in [-0.4, -0.2) is 47.1 Å². The van der Waals surface area contributed by atoms with Crippen LogP contribution in [0, 0.1) is 5.92 Å². The lowest BCUT2D eigenvalue weighted by Crippen LogP contribution is -2.39. The molecule has 0 unspecified atom stereocenters. The molecule has 3 heterocycles. The lowest BCUT2D eigenvalue weighted by Gasteiger charge is -2.33. The summed E-state index contributed by atoms with van der Waals surface area (Å²) in [5.41, 5.74) is 0.531. The van der Waals surface area contributed by atoms with E-state index in [1.54, 1.807) is 12.4 Å². The molecule has 0 spiro atoms. The first-order valence-corrected chi connectivity index (χ1v) is 8.35. The minimum absolute atomic E-state index is 0.0460. The quantitative estimate of drug-likeness (QED) is 0.769. The maximum absolute atomic E-state index is 5.84. The average molecular weight is 327 g/mol. The van der Waals surface area contributed by atoms with E-state index in [0.717, 1.165) is 31.8 Å². The Kier molecular flexibility index (Phi) is 5.01. The predicted molar refractivity (Wildman–Crippen MR) is 90.8 cm³/mol. The molecule has 2 radical (unpaired) electrons. The van der Waals surface area contributed by atoms with Crippen LogP contribution in [-0.2, 0) is 0 Å². The van der Waals surface area contributed by atoms with Crippen molar-refractivity contribution >= 4 is 19.3 Å². The number of piperidine rings is 1. The molecule has 2 aromatic heterocycles. The second-order valence-corrected chi connectivity index (χ2v) is 6.54. The number of aromatic nitrogens is 4. The summed E-state index contributed by atoms with van der Waals surface area (Å²) in [6.45, 7) is 7.92. The fourth-order valence-electron chi connectivity index (χ4n) is 2.80. The van der Waals surface area contributed by atoms with Gasteiger partial charge in [0, 0.05) is 31.4 Å². The molecule has 1 fully saturated rings. The Morgan fingerprint density at radius 2 is 1.88 bits per heavy atom. The van der Waals surface area contributed by atoms with Crippen molar-refractivity contribution in [2.75, 3.05) is 18.0 Å². The van der Waals surface area contributed by atoms with E-state index in [1.807, 2.05) is 0 Å². The summed E-state index contributed by atoms with van der Waals surface area (Å²) in [6.07, 6.45) is 5.15. The molecule has 0 saturated carbocycles. The van der Waals surface area contributed by atoms with Crippen LogP contribution in [0.25, 0.3) is 0 Å². The van der Waals surface area contributed by atoms with Gasteiger partial charge >= 0.3 is 12.0 Å². The molecule has 1 aliphatic rings. The Hall–Kier alpha value is -2.12. The molecule has 1 aliphatic heterocycles. The van der Waals surface area contributed by atoms with E-state index in [0.29, 0.717) is 23.4 Å². The van der Waals surface area contributed by atoms with Crippen molar-refractivity contribution in [1.29, 1.82) is 0 Å².